The molecule has 6 nitrogen and oxygen atoms in total. The van der Waals surface area contributed by atoms with Gasteiger partial charge in [0.15, 0.2) is 5.78 Å². The van der Waals surface area contributed by atoms with E-state index in [1.54, 1.807) is 0 Å². The van der Waals surface area contributed by atoms with Crippen LogP contribution in [0.3, 0.4) is 0 Å². The Hall–Kier alpha value is -2.26. The second-order valence-corrected chi connectivity index (χ2v) is 6.89. The molecule has 2 bridgehead atoms. The van der Waals surface area contributed by atoms with E-state index in [0.717, 1.165) is 6.07 Å². The molecule has 1 fully saturated rings. The topological polar surface area (TPSA) is 85.7 Å². The molecule has 0 aliphatic heterocycles. The number of carbonyl (C=O) groups excluding carboxylic acids is 2. The zero-order chi connectivity index (χ0) is 20.5. The van der Waals surface area contributed by atoms with Crippen LogP contribution in [0.1, 0.15) is 41.0 Å². The first-order valence-electron chi connectivity index (χ1n) is 8.89. The number of alkyl halides is 3. The highest BCUT2D eigenvalue weighted by atomic mass is 19.4. The van der Waals surface area contributed by atoms with Gasteiger partial charge in [-0.25, -0.2) is 4.98 Å². The van der Waals surface area contributed by atoms with Crippen LogP contribution in [0.5, 0.6) is 0 Å². The van der Waals surface area contributed by atoms with Crippen LogP contribution in [0.15, 0.2) is 23.5 Å². The zero-order valence-corrected chi connectivity index (χ0v) is 15.2. The molecule has 1 aromatic heterocycles. The molecular weight excluding hydrogens is 379 g/mol. The van der Waals surface area contributed by atoms with Gasteiger partial charge in [0, 0.05) is 24.5 Å². The highest BCUT2D eigenvalue weighted by Gasteiger charge is 2.44. The summed E-state index contributed by atoms with van der Waals surface area (Å²) < 4.78 is 49.1. The number of aliphatic hydroxyl groups is 1. The highest BCUT2D eigenvalue weighted by Crippen LogP contribution is 2.43. The maximum Gasteiger partial charge on any atom is 0.433 e. The molecule has 2 atom stereocenters. The first kappa shape index (κ1) is 20.5. The molecular formula is C19H20F3NO5. The van der Waals surface area contributed by atoms with Crippen LogP contribution in [0.4, 0.5) is 13.2 Å². The summed E-state index contributed by atoms with van der Waals surface area (Å²) in [5.74, 6) is -2.13. The van der Waals surface area contributed by atoms with Crippen LogP contribution in [0.25, 0.3) is 0 Å². The normalized spacial score (nSPS) is 22.1. The van der Waals surface area contributed by atoms with Crippen molar-refractivity contribution >= 4 is 11.6 Å². The van der Waals surface area contributed by atoms with E-state index in [1.165, 1.54) is 7.11 Å². The van der Waals surface area contributed by atoms with Crippen molar-refractivity contribution in [3.8, 4) is 0 Å². The van der Waals surface area contributed by atoms with Crippen molar-refractivity contribution in [1.29, 1.82) is 0 Å². The Bertz CT molecular complexity index is 818. The van der Waals surface area contributed by atoms with E-state index in [0.29, 0.717) is 25.3 Å². The number of fused-ring (bicyclic) bond motifs is 2. The largest absolute Gasteiger partial charge is 0.511 e. The summed E-state index contributed by atoms with van der Waals surface area (Å²) in [7, 11) is 1.44. The highest BCUT2D eigenvalue weighted by molar-refractivity contribution is 6.28. The van der Waals surface area contributed by atoms with Gasteiger partial charge in [-0.05, 0) is 31.4 Å². The number of halogens is 3. The van der Waals surface area contributed by atoms with Gasteiger partial charge in [0.1, 0.15) is 17.0 Å². The molecule has 0 amide bonds. The van der Waals surface area contributed by atoms with Gasteiger partial charge in [-0.1, -0.05) is 0 Å². The Morgan fingerprint density at radius 3 is 2.64 bits per heavy atom. The second-order valence-electron chi connectivity index (χ2n) is 6.89. The van der Waals surface area contributed by atoms with Crippen molar-refractivity contribution in [1.82, 2.24) is 4.98 Å². The number of methoxy groups -OCH3 is 1. The number of hydrogen-bond donors (Lipinski definition) is 1. The zero-order valence-electron chi connectivity index (χ0n) is 15.2. The van der Waals surface area contributed by atoms with Gasteiger partial charge in [-0.15, -0.1) is 0 Å². The minimum Gasteiger partial charge on any atom is -0.511 e. The molecule has 0 saturated heterocycles. The lowest BCUT2D eigenvalue weighted by Crippen LogP contribution is -2.28. The molecule has 1 aromatic rings. The van der Waals surface area contributed by atoms with Crippen LogP contribution >= 0.6 is 0 Å². The average Bonchev–Trinajstić information content (AvgIpc) is 3.10. The third-order valence-electron chi connectivity index (χ3n) is 5.10. The Labute approximate surface area is 159 Å². The van der Waals surface area contributed by atoms with Crippen molar-refractivity contribution in [2.24, 2.45) is 11.8 Å². The molecule has 1 heterocycles. The van der Waals surface area contributed by atoms with Crippen molar-refractivity contribution in [3.05, 3.63) is 40.4 Å². The number of Topliss-reactive ketones (excluding diaryl/α,β-unsaturated/α-hetero) is 2. The molecule has 1 N–H and O–H groups in total. The first-order valence-corrected chi connectivity index (χ1v) is 8.89. The third-order valence-corrected chi connectivity index (χ3v) is 5.10. The van der Waals surface area contributed by atoms with Gasteiger partial charge in [0.2, 0.25) is 5.78 Å². The van der Waals surface area contributed by atoms with Crippen LogP contribution in [-0.2, 0) is 27.1 Å². The molecule has 0 aromatic carbocycles. The van der Waals surface area contributed by atoms with E-state index < -0.39 is 23.4 Å². The van der Waals surface area contributed by atoms with Gasteiger partial charge in [-0.2, -0.15) is 13.2 Å². The average molecular weight is 399 g/mol. The van der Waals surface area contributed by atoms with E-state index >= 15 is 0 Å². The van der Waals surface area contributed by atoms with Crippen LogP contribution < -0.4 is 0 Å². The van der Waals surface area contributed by atoms with Gasteiger partial charge < -0.3 is 14.6 Å². The van der Waals surface area contributed by atoms with Gasteiger partial charge in [-0.3, -0.25) is 9.59 Å². The summed E-state index contributed by atoms with van der Waals surface area (Å²) in [6, 6.07) is 1.67. The van der Waals surface area contributed by atoms with E-state index in [4.69, 9.17) is 9.47 Å². The molecule has 0 spiro atoms. The molecule has 9 heteroatoms. The molecule has 2 aliphatic rings. The van der Waals surface area contributed by atoms with Crippen molar-refractivity contribution in [2.45, 2.75) is 32.0 Å². The summed E-state index contributed by atoms with van der Waals surface area (Å²) in [5, 5.41) is 10.4. The Kier molecular flexibility index (Phi) is 5.85. The van der Waals surface area contributed by atoms with E-state index in [-0.39, 0.29) is 54.2 Å². The number of allylic oxidation sites excluding steroid dienone is 2. The van der Waals surface area contributed by atoms with E-state index in [9.17, 15) is 27.9 Å². The fourth-order valence-electron chi connectivity index (χ4n) is 3.65. The SMILES string of the molecule is COCCOCc1nc(C(F)(F)F)ccc1C(=O)C1=C(O)[C@@H]2CCC(C2)C1=O. The summed E-state index contributed by atoms with van der Waals surface area (Å²) >= 11 is 0. The molecule has 2 aliphatic carbocycles. The van der Waals surface area contributed by atoms with E-state index in [2.05, 4.69) is 4.98 Å². The summed E-state index contributed by atoms with van der Waals surface area (Å²) in [6.07, 6.45) is -3.00. The number of aliphatic hydroxyl groups excluding tert-OH is 1. The molecule has 1 unspecified atom stereocenters. The number of rotatable bonds is 7. The number of carbonyl (C=O) groups is 2. The van der Waals surface area contributed by atoms with Crippen molar-refractivity contribution in [3.63, 3.8) is 0 Å². The second kappa shape index (κ2) is 8.00. The monoisotopic (exact) mass is 399 g/mol. The maximum atomic E-state index is 13.0. The molecule has 0 radical (unpaired) electrons. The number of nitrogens with zero attached hydrogens (tertiary/aromatic N) is 1. The predicted octanol–water partition coefficient (Wildman–Crippen LogP) is 3.26. The van der Waals surface area contributed by atoms with Crippen LogP contribution in [0.2, 0.25) is 0 Å². The lowest BCUT2D eigenvalue weighted by Gasteiger charge is -2.21. The molecule has 152 valence electrons. The number of ether oxygens (including phenoxy) is 2. The Balaban J connectivity index is 1.96. The van der Waals surface area contributed by atoms with Crippen molar-refractivity contribution < 1.29 is 37.3 Å². The number of ketones is 2. The van der Waals surface area contributed by atoms with Crippen LogP contribution in [-0.4, -0.2) is 42.0 Å². The van der Waals surface area contributed by atoms with Crippen molar-refractivity contribution in [2.75, 3.05) is 20.3 Å². The van der Waals surface area contributed by atoms with Gasteiger partial charge in [0.05, 0.1) is 25.5 Å². The molecule has 3 rings (SSSR count). The summed E-state index contributed by atoms with van der Waals surface area (Å²) in [4.78, 5) is 29.1. The van der Waals surface area contributed by atoms with Crippen LogP contribution in [0, 0.1) is 11.8 Å². The Morgan fingerprint density at radius 1 is 1.25 bits per heavy atom. The number of aromatic nitrogens is 1. The lowest BCUT2D eigenvalue weighted by atomic mass is 9.83. The number of hydrogen-bond acceptors (Lipinski definition) is 6. The summed E-state index contributed by atoms with van der Waals surface area (Å²) in [6.45, 7) is -0.0431. The Morgan fingerprint density at radius 2 is 1.96 bits per heavy atom. The smallest absolute Gasteiger partial charge is 0.433 e. The number of pyridine rings is 1. The minimum atomic E-state index is -4.69. The van der Waals surface area contributed by atoms with Gasteiger partial charge in [0.25, 0.3) is 0 Å². The maximum absolute atomic E-state index is 13.0. The summed E-state index contributed by atoms with van der Waals surface area (Å²) in [5.41, 5.74) is -1.91. The fraction of sp³-hybridized carbons (Fsp3) is 0.526. The third kappa shape index (κ3) is 3.95. The minimum absolute atomic E-state index is 0.0963. The van der Waals surface area contributed by atoms with E-state index in [1.807, 2.05) is 0 Å². The molecule has 28 heavy (non-hydrogen) atoms. The van der Waals surface area contributed by atoms with Gasteiger partial charge >= 0.3 is 6.18 Å². The quantitative estimate of drug-likeness (QED) is 0.430. The standard InChI is InChI=1S/C19H20F3NO5/c1-27-6-7-28-9-13-12(4-5-14(23-13)19(20,21)22)18(26)15-16(24)10-2-3-11(8-10)17(15)25/h4-5,10-11,24H,2-3,6-9H2,1H3/t10-,11?/m1/s1. The predicted molar refractivity (Wildman–Crippen MR) is 90.6 cm³/mol. The molecule has 1 saturated carbocycles. The first-order chi connectivity index (χ1) is 13.2. The lowest BCUT2D eigenvalue weighted by molar-refractivity contribution is -0.141. The fourth-order valence-corrected chi connectivity index (χ4v) is 3.65.